The van der Waals surface area contributed by atoms with Crippen molar-refractivity contribution in [3.05, 3.63) is 232 Å². The second-order valence-electron chi connectivity index (χ2n) is 19.2. The van der Waals surface area contributed by atoms with Gasteiger partial charge in [0.15, 0.2) is 0 Å². The Kier molecular flexibility index (Phi) is 11.8. The fourth-order valence-electron chi connectivity index (χ4n) is 9.99. The molecule has 6 heteroatoms. The molecule has 0 saturated heterocycles. The van der Waals surface area contributed by atoms with Gasteiger partial charge in [0.1, 0.15) is 5.58 Å². The first-order valence-electron chi connectivity index (χ1n) is 27.5. The van der Waals surface area contributed by atoms with Crippen LogP contribution in [0.4, 0.5) is 4.39 Å². The maximum Gasteiger partial charge on any atom is 0.121 e. The zero-order valence-electron chi connectivity index (χ0n) is 46.6. The summed E-state index contributed by atoms with van der Waals surface area (Å²) < 4.78 is 66.7. The Balaban J connectivity index is 0.000000264. The second kappa shape index (κ2) is 20.5. The standard InChI is InChI=1S/C53H45N2O.C13H11FN.Ir/c1-33(2)45-30-41(47-29-37-22-21-35-17-19-36(20-18-35)23-25-39(47)26-24-37)31-46(34(3)4)51(45)55-49-16-9-8-15-48(49)54-53(55)44-14-10-13-43-42-28-27-40(32-50(42)56-52(43)44)38-11-6-5-7-12-38;1-9-7-13(15-8-10(9)2)11-3-5-12(14)6-4-11;/h5-13,15-20,24,26-34H,21-23,25H2,1-4H3;3,5-8H,1-2H3;/q2*-1;/i;1D3,2D3;. The van der Waals surface area contributed by atoms with Gasteiger partial charge < -0.3 is 14.0 Å². The predicted octanol–water partition coefficient (Wildman–Crippen LogP) is 17.2. The molecule has 0 unspecified atom stereocenters. The van der Waals surface area contributed by atoms with Crippen molar-refractivity contribution in [2.75, 3.05) is 0 Å². The molecule has 4 aliphatic carbocycles. The molecule has 72 heavy (non-hydrogen) atoms. The Morgan fingerprint density at radius 1 is 0.639 bits per heavy atom. The molecule has 0 N–H and O–H groups in total. The molecule has 0 saturated carbocycles. The van der Waals surface area contributed by atoms with Gasteiger partial charge >= 0.3 is 0 Å². The molecule has 11 aromatic rings. The van der Waals surface area contributed by atoms with Crippen LogP contribution in [0.15, 0.2) is 174 Å². The van der Waals surface area contributed by atoms with Gasteiger partial charge in [-0.3, -0.25) is 9.37 Å². The SMILES string of the molecule is CC(C)c1cc(-c2cc3ccc2CCc2ccc(cc2)CC3)cc(C(C)C)c1-n1c(-c2[c-]ccc3c2oc2cc(-c4ccccc4)ccc23)nc2ccccc21.[2H]C([2H])([2H])c1cnc(-c2[c-]cc(F)cc2)cc1C([2H])([2H])[2H].[Ir]. The number of hydrogen-bond acceptors (Lipinski definition) is 3. The van der Waals surface area contributed by atoms with Crippen LogP contribution in [0.5, 0.6) is 0 Å². The number of pyridine rings is 1. The summed E-state index contributed by atoms with van der Waals surface area (Å²) in [6.07, 6.45) is 5.14. The van der Waals surface area contributed by atoms with Crippen LogP contribution in [-0.4, -0.2) is 14.5 Å². The molecule has 4 nitrogen and oxygen atoms in total. The molecule has 8 aromatic carbocycles. The quantitative estimate of drug-likeness (QED) is 0.149. The first kappa shape index (κ1) is 41.4. The van der Waals surface area contributed by atoms with E-state index in [0.29, 0.717) is 5.56 Å². The van der Waals surface area contributed by atoms with Gasteiger partial charge in [0.25, 0.3) is 0 Å². The van der Waals surface area contributed by atoms with Crippen molar-refractivity contribution in [3.8, 4) is 50.6 Å². The summed E-state index contributed by atoms with van der Waals surface area (Å²) >= 11 is 0. The van der Waals surface area contributed by atoms with E-state index in [2.05, 4.69) is 183 Å². The number of benzene rings is 8. The Bertz CT molecular complexity index is 3940. The van der Waals surface area contributed by atoms with Gasteiger partial charge in [0.2, 0.25) is 0 Å². The molecule has 0 aliphatic heterocycles. The molecule has 0 amide bonds. The molecular weight excluding hydrogens is 1060 g/mol. The third kappa shape index (κ3) is 9.50. The van der Waals surface area contributed by atoms with Gasteiger partial charge in [0.05, 0.1) is 22.4 Å². The van der Waals surface area contributed by atoms with Crippen LogP contribution < -0.4 is 0 Å². The first-order valence-corrected chi connectivity index (χ1v) is 24.5. The summed E-state index contributed by atoms with van der Waals surface area (Å²) in [5.74, 6) is 0.885. The Morgan fingerprint density at radius 3 is 2.07 bits per heavy atom. The van der Waals surface area contributed by atoms with Crippen molar-refractivity contribution in [3.63, 3.8) is 0 Å². The van der Waals surface area contributed by atoms with Crippen LogP contribution in [-0.2, 0) is 45.8 Å². The van der Waals surface area contributed by atoms with Gasteiger partial charge in [0, 0.05) is 51.4 Å². The third-order valence-electron chi connectivity index (χ3n) is 13.8. The van der Waals surface area contributed by atoms with Crippen LogP contribution in [0.1, 0.15) is 92.3 Å². The minimum atomic E-state index is -2.58. The number of furan rings is 1. The molecule has 0 spiro atoms. The zero-order chi connectivity index (χ0) is 53.8. The van der Waals surface area contributed by atoms with Gasteiger partial charge in [-0.05, 0) is 148 Å². The molecule has 4 bridgehead atoms. The number of fused-ring (bicyclic) bond motifs is 4. The maximum atomic E-state index is 12.9. The number of aromatic nitrogens is 3. The van der Waals surface area contributed by atoms with E-state index < -0.39 is 19.5 Å². The monoisotopic (exact) mass is 1120 g/mol. The third-order valence-corrected chi connectivity index (χ3v) is 13.8. The molecule has 3 aromatic heterocycles. The molecule has 3 heterocycles. The Labute approximate surface area is 444 Å². The number of nitrogens with zero attached hydrogens (tertiary/aromatic N) is 3. The second-order valence-corrected chi connectivity index (χ2v) is 19.2. The number of aryl methyl sites for hydroxylation is 6. The molecule has 1 radical (unpaired) electrons. The average molecular weight is 1120 g/mol. The summed E-state index contributed by atoms with van der Waals surface area (Å²) in [6, 6.07) is 62.3. The van der Waals surface area contributed by atoms with Gasteiger partial charge in [-0.15, -0.1) is 48.0 Å². The smallest absolute Gasteiger partial charge is 0.121 e. The number of halogens is 1. The van der Waals surface area contributed by atoms with Crippen LogP contribution in [0.25, 0.3) is 83.6 Å². The summed E-state index contributed by atoms with van der Waals surface area (Å²) in [5, 5.41) is 2.16. The fourth-order valence-corrected chi connectivity index (χ4v) is 9.99. The summed E-state index contributed by atoms with van der Waals surface area (Å²) in [4.78, 5) is 9.35. The van der Waals surface area contributed by atoms with E-state index in [1.54, 1.807) is 0 Å². The Morgan fingerprint density at radius 2 is 1.35 bits per heavy atom. The van der Waals surface area contributed by atoms with Crippen molar-refractivity contribution in [2.24, 2.45) is 0 Å². The van der Waals surface area contributed by atoms with Crippen molar-refractivity contribution in [2.45, 2.75) is 78.9 Å². The summed E-state index contributed by atoms with van der Waals surface area (Å²) in [6.45, 7) is 4.16. The van der Waals surface area contributed by atoms with Crippen molar-refractivity contribution >= 4 is 33.0 Å². The predicted molar refractivity (Wildman–Crippen MR) is 291 cm³/mol. The topological polar surface area (TPSA) is 43.9 Å². The van der Waals surface area contributed by atoms with E-state index in [-0.39, 0.29) is 48.8 Å². The van der Waals surface area contributed by atoms with Gasteiger partial charge in [-0.1, -0.05) is 147 Å². The van der Waals surface area contributed by atoms with Crippen molar-refractivity contribution in [1.29, 1.82) is 0 Å². The zero-order valence-corrected chi connectivity index (χ0v) is 43.0. The van der Waals surface area contributed by atoms with E-state index in [1.807, 2.05) is 6.07 Å². The van der Waals surface area contributed by atoms with E-state index in [0.717, 1.165) is 87.9 Å². The van der Waals surface area contributed by atoms with Crippen LogP contribution in [0.2, 0.25) is 0 Å². The first-order chi connectivity index (χ1) is 37.0. The number of imidazole rings is 1. The molecule has 0 atom stereocenters. The Hall–Kier alpha value is -7.24. The van der Waals surface area contributed by atoms with Crippen LogP contribution in [0.3, 0.4) is 0 Å². The molecule has 0 fully saturated rings. The summed E-state index contributed by atoms with van der Waals surface area (Å²) in [7, 11) is 0. The van der Waals surface area contributed by atoms with E-state index in [9.17, 15) is 4.39 Å². The van der Waals surface area contributed by atoms with Crippen LogP contribution >= 0.6 is 0 Å². The fraction of sp³-hybridized carbons (Fsp3) is 0.182. The van der Waals surface area contributed by atoms with Crippen LogP contribution in [0, 0.1) is 31.7 Å². The normalized spacial score (nSPS) is 13.9. The molecular formula is C66H56FIrN3O-2. The summed E-state index contributed by atoms with van der Waals surface area (Å²) in [5.41, 5.74) is 19.0. The number of hydrogen-bond donors (Lipinski definition) is 0. The number of para-hydroxylation sites is 2. The largest absolute Gasteiger partial charge is 0.501 e. The van der Waals surface area contributed by atoms with Gasteiger partial charge in [-0.2, -0.15) is 0 Å². The van der Waals surface area contributed by atoms with E-state index in [4.69, 9.17) is 17.6 Å². The molecule has 15 rings (SSSR count). The minimum absolute atomic E-state index is 0. The average Bonchev–Trinajstić information content (AvgIpc) is 4.23. The maximum absolute atomic E-state index is 12.9. The number of rotatable bonds is 7. The van der Waals surface area contributed by atoms with Gasteiger partial charge in [-0.25, -0.2) is 0 Å². The van der Waals surface area contributed by atoms with Crippen molar-refractivity contribution < 1.29 is 37.1 Å². The van der Waals surface area contributed by atoms with E-state index >= 15 is 0 Å². The van der Waals surface area contributed by atoms with E-state index in [1.165, 1.54) is 74.0 Å². The molecule has 4 aliphatic rings. The molecule has 359 valence electrons. The minimum Gasteiger partial charge on any atom is -0.501 e. The van der Waals surface area contributed by atoms with Crippen molar-refractivity contribution in [1.82, 2.24) is 14.5 Å².